The second kappa shape index (κ2) is 10.4. The van der Waals surface area contributed by atoms with Gasteiger partial charge in [-0.2, -0.15) is 0 Å². The maximum atomic E-state index is 6.94. The van der Waals surface area contributed by atoms with Crippen molar-refractivity contribution in [1.82, 2.24) is 0 Å². The third-order valence-corrected chi connectivity index (χ3v) is 13.2. The van der Waals surface area contributed by atoms with Crippen molar-refractivity contribution in [3.63, 3.8) is 0 Å². The first kappa shape index (κ1) is 29.5. The molecular weight excluding hydrogens is 665 g/mol. The van der Waals surface area contributed by atoms with Crippen molar-refractivity contribution in [2.75, 3.05) is 0 Å². The number of hydrogen-bond acceptors (Lipinski definition) is 1. The van der Waals surface area contributed by atoms with Gasteiger partial charge in [-0.1, -0.05) is 170 Å². The fourth-order valence-electron chi connectivity index (χ4n) is 11.1. The summed E-state index contributed by atoms with van der Waals surface area (Å²) in [6.45, 7) is 0. The zero-order valence-corrected chi connectivity index (χ0v) is 29.9. The van der Waals surface area contributed by atoms with Crippen LogP contribution in [-0.2, 0) is 10.8 Å². The van der Waals surface area contributed by atoms with Crippen LogP contribution in [0.4, 0.5) is 0 Å². The van der Waals surface area contributed by atoms with Crippen LogP contribution in [-0.4, -0.2) is 0 Å². The number of benzene rings is 9. The molecule has 0 bridgehead atoms. The highest BCUT2D eigenvalue weighted by atomic mass is 16.5. The molecule has 0 saturated heterocycles. The van der Waals surface area contributed by atoms with Gasteiger partial charge >= 0.3 is 0 Å². The van der Waals surface area contributed by atoms with Crippen molar-refractivity contribution in [2.24, 2.45) is 0 Å². The molecule has 0 aromatic heterocycles. The largest absolute Gasteiger partial charge is 0.457 e. The van der Waals surface area contributed by atoms with Gasteiger partial charge in [-0.3, -0.25) is 0 Å². The SMILES string of the molecule is c1ccc2c(c1)-c1ccccc1C21c2ccccc2-c2cc(-c3ccc4c(c3)C3(c5ccccc5-c5ccccc53)c3c(ccc5ccccc35)O4)ccc21. The summed E-state index contributed by atoms with van der Waals surface area (Å²) in [5, 5.41) is 2.44. The van der Waals surface area contributed by atoms with E-state index in [0.717, 1.165) is 11.5 Å². The lowest BCUT2D eigenvalue weighted by Crippen LogP contribution is -2.32. The van der Waals surface area contributed by atoms with Gasteiger partial charge in [0, 0.05) is 11.1 Å². The van der Waals surface area contributed by atoms with Crippen LogP contribution in [0.2, 0.25) is 0 Å². The Morgan fingerprint density at radius 1 is 0.291 bits per heavy atom. The van der Waals surface area contributed by atoms with Crippen LogP contribution in [0.15, 0.2) is 194 Å². The van der Waals surface area contributed by atoms with E-state index >= 15 is 0 Å². The number of hydrogen-bond donors (Lipinski definition) is 0. The quantitative estimate of drug-likeness (QED) is 0.166. The molecule has 1 heteroatoms. The van der Waals surface area contributed by atoms with Crippen LogP contribution in [0, 0.1) is 0 Å². The molecule has 0 saturated carbocycles. The van der Waals surface area contributed by atoms with E-state index in [-0.39, 0.29) is 5.41 Å². The van der Waals surface area contributed by atoms with Gasteiger partial charge in [0.2, 0.25) is 0 Å². The van der Waals surface area contributed by atoms with Crippen molar-refractivity contribution in [2.45, 2.75) is 10.8 Å². The zero-order chi connectivity index (χ0) is 35.9. The predicted molar refractivity (Wildman–Crippen MR) is 223 cm³/mol. The Hall–Kier alpha value is -6.96. The first-order valence-electron chi connectivity index (χ1n) is 19.3. The second-order valence-electron chi connectivity index (χ2n) is 15.5. The molecule has 3 aliphatic carbocycles. The highest BCUT2D eigenvalue weighted by molar-refractivity contribution is 5.99. The smallest absolute Gasteiger partial charge is 0.132 e. The maximum absolute atomic E-state index is 6.94. The van der Waals surface area contributed by atoms with Crippen molar-refractivity contribution in [3.05, 3.63) is 239 Å². The molecule has 2 spiro atoms. The molecule has 9 aromatic rings. The van der Waals surface area contributed by atoms with Crippen LogP contribution in [0.1, 0.15) is 44.5 Å². The summed E-state index contributed by atoms with van der Waals surface area (Å²) in [6.07, 6.45) is 0. The van der Waals surface area contributed by atoms with Crippen LogP contribution in [0.5, 0.6) is 11.5 Å². The number of rotatable bonds is 1. The lowest BCUT2D eigenvalue weighted by molar-refractivity contribution is 0.438. The van der Waals surface area contributed by atoms with Crippen molar-refractivity contribution in [1.29, 1.82) is 0 Å². The van der Waals surface area contributed by atoms with Gasteiger partial charge in [0.1, 0.15) is 11.5 Å². The fourth-order valence-corrected chi connectivity index (χ4v) is 11.1. The second-order valence-corrected chi connectivity index (χ2v) is 15.5. The third-order valence-electron chi connectivity index (χ3n) is 13.2. The Labute approximate surface area is 319 Å². The van der Waals surface area contributed by atoms with Crippen LogP contribution in [0.3, 0.4) is 0 Å². The molecule has 0 amide bonds. The Kier molecular flexibility index (Phi) is 5.56. The molecule has 0 radical (unpaired) electrons. The average Bonchev–Trinajstić information content (AvgIpc) is 3.84. The zero-order valence-electron chi connectivity index (χ0n) is 29.9. The predicted octanol–water partition coefficient (Wildman–Crippen LogP) is 13.3. The molecule has 9 aromatic carbocycles. The van der Waals surface area contributed by atoms with E-state index in [1.807, 2.05) is 0 Å². The van der Waals surface area contributed by atoms with Crippen molar-refractivity contribution < 1.29 is 4.74 Å². The summed E-state index contributed by atoms with van der Waals surface area (Å²) < 4.78 is 6.94. The fraction of sp³-hybridized carbons (Fsp3) is 0.0370. The molecule has 0 N–H and O–H groups in total. The summed E-state index contributed by atoms with van der Waals surface area (Å²) in [5.41, 5.74) is 19.8. The minimum absolute atomic E-state index is 0.354. The first-order chi connectivity index (χ1) is 27.3. The molecule has 13 rings (SSSR count). The van der Waals surface area contributed by atoms with Crippen LogP contribution < -0.4 is 4.74 Å². The van der Waals surface area contributed by atoms with Gasteiger partial charge in [-0.15, -0.1) is 0 Å². The van der Waals surface area contributed by atoms with Gasteiger partial charge in [0.25, 0.3) is 0 Å². The maximum Gasteiger partial charge on any atom is 0.132 e. The van der Waals surface area contributed by atoms with E-state index in [1.165, 1.54) is 99.8 Å². The molecule has 0 unspecified atom stereocenters. The molecule has 55 heavy (non-hydrogen) atoms. The first-order valence-corrected chi connectivity index (χ1v) is 19.3. The van der Waals surface area contributed by atoms with Gasteiger partial charge in [-0.05, 0) is 113 Å². The Balaban J connectivity index is 1.08. The molecule has 0 fully saturated rings. The van der Waals surface area contributed by atoms with E-state index in [4.69, 9.17) is 4.74 Å². The summed E-state index contributed by atoms with van der Waals surface area (Å²) in [6, 6.07) is 72.4. The van der Waals surface area contributed by atoms with E-state index < -0.39 is 5.41 Å². The summed E-state index contributed by atoms with van der Waals surface area (Å²) in [5.74, 6) is 1.82. The van der Waals surface area contributed by atoms with Crippen LogP contribution in [0.25, 0.3) is 55.3 Å². The molecule has 0 atom stereocenters. The average molecular weight is 697 g/mol. The van der Waals surface area contributed by atoms with Crippen molar-refractivity contribution in [3.8, 4) is 56.0 Å². The minimum atomic E-state index is -0.558. The third kappa shape index (κ3) is 3.46. The molecular formula is C54H32O. The Morgan fingerprint density at radius 2 is 0.727 bits per heavy atom. The lowest BCUT2D eigenvalue weighted by Gasteiger charge is -2.40. The van der Waals surface area contributed by atoms with Gasteiger partial charge < -0.3 is 4.74 Å². The van der Waals surface area contributed by atoms with E-state index in [2.05, 4.69) is 194 Å². The highest BCUT2D eigenvalue weighted by Crippen LogP contribution is 2.65. The summed E-state index contributed by atoms with van der Waals surface area (Å²) >= 11 is 0. The Morgan fingerprint density at radius 3 is 1.33 bits per heavy atom. The molecule has 254 valence electrons. The molecule has 1 aliphatic heterocycles. The summed E-state index contributed by atoms with van der Waals surface area (Å²) in [7, 11) is 0. The van der Waals surface area contributed by atoms with E-state index in [9.17, 15) is 0 Å². The molecule has 4 aliphatic rings. The highest BCUT2D eigenvalue weighted by Gasteiger charge is 2.53. The van der Waals surface area contributed by atoms with Gasteiger partial charge in [0.05, 0.1) is 10.8 Å². The minimum Gasteiger partial charge on any atom is -0.457 e. The normalized spacial score (nSPS) is 15.0. The topological polar surface area (TPSA) is 9.23 Å². The van der Waals surface area contributed by atoms with E-state index in [0.29, 0.717) is 0 Å². The number of ether oxygens (including phenoxy) is 1. The molecule has 1 nitrogen and oxygen atoms in total. The standard InChI is InChI=1S/C54H32O/c1-2-14-36-33(13-1)26-30-51-52(36)54(46-23-11-5-17-39(46)40-18-6-12-24-47(40)54)49-32-35(27-29-50(49)55-51)34-25-28-48-42(31-34)41-19-7-10-22-45(41)53(48)43-20-8-3-15-37(43)38-16-4-9-21-44(38)53/h1-32H. The summed E-state index contributed by atoms with van der Waals surface area (Å²) in [4.78, 5) is 0. The molecule has 1 heterocycles. The van der Waals surface area contributed by atoms with Crippen LogP contribution >= 0.6 is 0 Å². The van der Waals surface area contributed by atoms with E-state index in [1.54, 1.807) is 0 Å². The lowest BCUT2D eigenvalue weighted by atomic mass is 9.64. The monoisotopic (exact) mass is 696 g/mol. The van der Waals surface area contributed by atoms with Crippen molar-refractivity contribution >= 4 is 10.8 Å². The van der Waals surface area contributed by atoms with Gasteiger partial charge in [-0.25, -0.2) is 0 Å². The Bertz CT molecular complexity index is 3050. The van der Waals surface area contributed by atoms with Gasteiger partial charge in [0.15, 0.2) is 0 Å². The number of fused-ring (bicyclic) bond motifs is 21.